The van der Waals surface area contributed by atoms with Crippen LogP contribution in [-0.4, -0.2) is 28.0 Å². The number of carbonyl (C=O) groups is 1. The molecule has 134 valence electrons. The van der Waals surface area contributed by atoms with Gasteiger partial charge in [-0.15, -0.1) is 0 Å². The van der Waals surface area contributed by atoms with Gasteiger partial charge in [-0.1, -0.05) is 12.1 Å². The maximum absolute atomic E-state index is 13.6. The van der Waals surface area contributed by atoms with E-state index < -0.39 is 11.9 Å². The van der Waals surface area contributed by atoms with Gasteiger partial charge in [0, 0.05) is 24.5 Å². The molecule has 0 fully saturated rings. The standard InChI is InChI=1S/C19H17FN2O4/c20-15-7-11(1-2-12(15)10-23)8-21-9-17(25)13-3-5-16(24)19-14(13)4-6-18(26)22-19/h1-7,10,17,21,24-25H,8-9H2,(H,22,26)/t17-/m0/s1. The number of hydrogen-bond donors (Lipinski definition) is 4. The molecule has 0 unspecified atom stereocenters. The molecule has 3 aromatic rings. The molecule has 0 aliphatic heterocycles. The fourth-order valence-electron chi connectivity index (χ4n) is 2.79. The number of halogens is 1. The second-order valence-corrected chi connectivity index (χ2v) is 5.91. The van der Waals surface area contributed by atoms with Gasteiger partial charge in [0.05, 0.1) is 17.2 Å². The number of aromatic amines is 1. The number of rotatable bonds is 6. The monoisotopic (exact) mass is 356 g/mol. The van der Waals surface area contributed by atoms with Crippen LogP contribution in [0.15, 0.2) is 47.3 Å². The number of benzene rings is 2. The smallest absolute Gasteiger partial charge is 0.248 e. The van der Waals surface area contributed by atoms with Crippen LogP contribution >= 0.6 is 0 Å². The quantitative estimate of drug-likeness (QED) is 0.506. The fraction of sp³-hybridized carbons (Fsp3) is 0.158. The van der Waals surface area contributed by atoms with Gasteiger partial charge >= 0.3 is 0 Å². The maximum atomic E-state index is 13.6. The average Bonchev–Trinajstić information content (AvgIpc) is 2.62. The Bertz CT molecular complexity index is 1020. The van der Waals surface area contributed by atoms with E-state index in [0.29, 0.717) is 29.3 Å². The Balaban J connectivity index is 1.73. The van der Waals surface area contributed by atoms with Crippen LogP contribution < -0.4 is 10.9 Å². The van der Waals surface area contributed by atoms with Crippen LogP contribution in [0.2, 0.25) is 0 Å². The van der Waals surface area contributed by atoms with Gasteiger partial charge in [0.25, 0.3) is 0 Å². The molecule has 26 heavy (non-hydrogen) atoms. The van der Waals surface area contributed by atoms with E-state index in [-0.39, 0.29) is 28.9 Å². The minimum Gasteiger partial charge on any atom is -0.506 e. The van der Waals surface area contributed by atoms with Gasteiger partial charge in [0.1, 0.15) is 11.6 Å². The molecular weight excluding hydrogens is 339 g/mol. The zero-order chi connectivity index (χ0) is 18.7. The van der Waals surface area contributed by atoms with E-state index >= 15 is 0 Å². The minimum absolute atomic E-state index is 0.00154. The fourth-order valence-corrected chi connectivity index (χ4v) is 2.79. The first-order valence-corrected chi connectivity index (χ1v) is 7.97. The molecule has 0 radical (unpaired) electrons. The lowest BCUT2D eigenvalue weighted by Crippen LogP contribution is -2.21. The van der Waals surface area contributed by atoms with Crippen molar-refractivity contribution in [1.82, 2.24) is 10.3 Å². The molecule has 0 aliphatic carbocycles. The van der Waals surface area contributed by atoms with Crippen LogP contribution in [0.25, 0.3) is 10.9 Å². The summed E-state index contributed by atoms with van der Waals surface area (Å²) in [5.74, 6) is -0.666. The van der Waals surface area contributed by atoms with Crippen molar-refractivity contribution in [2.75, 3.05) is 6.54 Å². The SMILES string of the molecule is O=Cc1ccc(CNC[C@H](O)c2ccc(O)c3[nH]c(=O)ccc23)cc1F. The zero-order valence-electron chi connectivity index (χ0n) is 13.7. The number of aromatic hydroxyl groups is 1. The van der Waals surface area contributed by atoms with Crippen molar-refractivity contribution in [3.63, 3.8) is 0 Å². The van der Waals surface area contributed by atoms with Crippen molar-refractivity contribution in [3.8, 4) is 5.75 Å². The summed E-state index contributed by atoms with van der Waals surface area (Å²) in [6.45, 7) is 0.482. The Morgan fingerprint density at radius 3 is 2.73 bits per heavy atom. The summed E-state index contributed by atoms with van der Waals surface area (Å²) in [4.78, 5) is 24.6. The van der Waals surface area contributed by atoms with Gasteiger partial charge in [-0.2, -0.15) is 0 Å². The Labute approximate surface area is 147 Å². The van der Waals surface area contributed by atoms with E-state index in [1.165, 1.54) is 24.3 Å². The first-order chi connectivity index (χ1) is 12.5. The van der Waals surface area contributed by atoms with Gasteiger partial charge in [-0.3, -0.25) is 9.59 Å². The molecule has 0 amide bonds. The molecular formula is C19H17FN2O4. The molecule has 0 bridgehead atoms. The molecule has 4 N–H and O–H groups in total. The number of aldehydes is 1. The van der Waals surface area contributed by atoms with E-state index in [9.17, 15) is 24.2 Å². The lowest BCUT2D eigenvalue weighted by molar-refractivity contribution is 0.112. The van der Waals surface area contributed by atoms with E-state index in [4.69, 9.17) is 0 Å². The summed E-state index contributed by atoms with van der Waals surface area (Å²) < 4.78 is 13.6. The predicted molar refractivity (Wildman–Crippen MR) is 94.7 cm³/mol. The number of H-pyrrole nitrogens is 1. The second-order valence-electron chi connectivity index (χ2n) is 5.91. The normalized spacial score (nSPS) is 12.2. The van der Waals surface area contributed by atoms with Crippen molar-refractivity contribution >= 4 is 17.2 Å². The summed E-state index contributed by atoms with van der Waals surface area (Å²) in [6, 6.07) is 10.2. The highest BCUT2D eigenvalue weighted by Gasteiger charge is 2.14. The molecule has 6 nitrogen and oxygen atoms in total. The number of hydrogen-bond acceptors (Lipinski definition) is 5. The molecule has 1 aromatic heterocycles. The van der Waals surface area contributed by atoms with E-state index in [0.717, 1.165) is 0 Å². The third-order valence-corrected chi connectivity index (χ3v) is 4.12. The van der Waals surface area contributed by atoms with Crippen molar-refractivity contribution in [3.05, 3.63) is 75.3 Å². The summed E-state index contributed by atoms with van der Waals surface area (Å²) in [5, 5.41) is 23.9. The number of fused-ring (bicyclic) bond motifs is 1. The predicted octanol–water partition coefficient (Wildman–Crippen LogP) is 2.01. The van der Waals surface area contributed by atoms with Gasteiger partial charge in [-0.25, -0.2) is 4.39 Å². The van der Waals surface area contributed by atoms with Crippen LogP contribution in [-0.2, 0) is 6.54 Å². The number of pyridine rings is 1. The Morgan fingerprint density at radius 2 is 2.00 bits per heavy atom. The topological polar surface area (TPSA) is 102 Å². The Hall–Kier alpha value is -3.03. The summed E-state index contributed by atoms with van der Waals surface area (Å²) >= 11 is 0. The highest BCUT2D eigenvalue weighted by atomic mass is 19.1. The molecule has 1 heterocycles. The lowest BCUT2D eigenvalue weighted by atomic mass is 10.0. The van der Waals surface area contributed by atoms with Gasteiger partial charge in [-0.05, 0) is 35.4 Å². The molecule has 0 saturated heterocycles. The summed E-state index contributed by atoms with van der Waals surface area (Å²) in [7, 11) is 0. The van der Waals surface area contributed by atoms with E-state index in [1.54, 1.807) is 18.2 Å². The van der Waals surface area contributed by atoms with Crippen molar-refractivity contribution in [1.29, 1.82) is 0 Å². The maximum Gasteiger partial charge on any atom is 0.248 e. The Morgan fingerprint density at radius 1 is 1.19 bits per heavy atom. The molecule has 7 heteroatoms. The van der Waals surface area contributed by atoms with Gasteiger partial charge in [0.2, 0.25) is 5.56 Å². The highest BCUT2D eigenvalue weighted by Crippen LogP contribution is 2.28. The first-order valence-electron chi connectivity index (χ1n) is 7.97. The van der Waals surface area contributed by atoms with E-state index in [1.807, 2.05) is 0 Å². The van der Waals surface area contributed by atoms with Crippen LogP contribution in [0, 0.1) is 5.82 Å². The van der Waals surface area contributed by atoms with Crippen molar-refractivity contribution < 1.29 is 19.4 Å². The van der Waals surface area contributed by atoms with Gasteiger partial charge in [0.15, 0.2) is 6.29 Å². The largest absolute Gasteiger partial charge is 0.506 e. The molecule has 0 saturated carbocycles. The number of aliphatic hydroxyl groups excluding tert-OH is 1. The number of aromatic nitrogens is 1. The summed E-state index contributed by atoms with van der Waals surface area (Å²) in [5.41, 5.74) is 1.10. The van der Waals surface area contributed by atoms with Crippen molar-refractivity contribution in [2.45, 2.75) is 12.6 Å². The summed E-state index contributed by atoms with van der Waals surface area (Å²) in [6.07, 6.45) is -0.445. The number of aliphatic hydroxyl groups is 1. The third kappa shape index (κ3) is 3.63. The molecule has 0 aliphatic rings. The molecule has 2 aromatic carbocycles. The van der Waals surface area contributed by atoms with Crippen LogP contribution in [0.3, 0.4) is 0 Å². The first kappa shape index (κ1) is 17.8. The van der Waals surface area contributed by atoms with Crippen LogP contribution in [0.4, 0.5) is 4.39 Å². The molecule has 0 spiro atoms. The van der Waals surface area contributed by atoms with E-state index in [2.05, 4.69) is 10.3 Å². The zero-order valence-corrected chi connectivity index (χ0v) is 13.7. The third-order valence-electron chi connectivity index (χ3n) is 4.12. The highest BCUT2D eigenvalue weighted by molar-refractivity contribution is 5.87. The van der Waals surface area contributed by atoms with Crippen molar-refractivity contribution in [2.24, 2.45) is 0 Å². The second kappa shape index (κ2) is 7.47. The Kier molecular flexibility index (Phi) is 5.11. The number of phenolic OH excluding ortho intramolecular Hbond substituents is 1. The van der Waals surface area contributed by atoms with Crippen LogP contribution in [0.5, 0.6) is 5.75 Å². The average molecular weight is 356 g/mol. The number of phenols is 1. The lowest BCUT2D eigenvalue weighted by Gasteiger charge is -2.15. The van der Waals surface area contributed by atoms with Gasteiger partial charge < -0.3 is 20.5 Å². The molecule has 3 rings (SSSR count). The minimum atomic E-state index is -0.900. The number of carbonyl (C=O) groups excluding carboxylic acids is 1. The van der Waals surface area contributed by atoms with Crippen LogP contribution in [0.1, 0.15) is 27.6 Å². The molecule has 1 atom stereocenters. The number of nitrogens with one attached hydrogen (secondary N) is 2.